The molecule has 5 nitrogen and oxygen atoms in total. The number of nitrogens with two attached hydrogens (primary N) is 1. The van der Waals surface area contributed by atoms with Gasteiger partial charge in [0, 0.05) is 6.42 Å². The Bertz CT molecular complexity index is 732. The first-order valence-corrected chi connectivity index (χ1v) is 9.62. The Balaban J connectivity index is 1.76. The number of carbonyl (C=O) groups is 2. The maximum atomic E-state index is 12.3. The van der Waals surface area contributed by atoms with E-state index in [9.17, 15) is 9.59 Å². The lowest BCUT2D eigenvalue weighted by atomic mass is 9.70. The van der Waals surface area contributed by atoms with Crippen molar-refractivity contribution in [3.05, 3.63) is 29.3 Å². The van der Waals surface area contributed by atoms with E-state index < -0.39 is 12.0 Å². The Labute approximate surface area is 151 Å². The quantitative estimate of drug-likeness (QED) is 0.798. The summed E-state index contributed by atoms with van der Waals surface area (Å²) in [4.78, 5) is 28.2. The van der Waals surface area contributed by atoms with E-state index in [4.69, 9.17) is 15.5 Å². The first-order valence-electron chi connectivity index (χ1n) is 8.81. The molecule has 0 saturated heterocycles. The van der Waals surface area contributed by atoms with Gasteiger partial charge in [0.15, 0.2) is 6.10 Å². The number of rotatable bonds is 6. The molecule has 1 fully saturated rings. The molecule has 1 atom stereocenters. The Kier molecular flexibility index (Phi) is 5.37. The van der Waals surface area contributed by atoms with Crippen molar-refractivity contribution in [2.75, 3.05) is 0 Å². The fourth-order valence-electron chi connectivity index (χ4n) is 3.64. The molecule has 134 valence electrons. The van der Waals surface area contributed by atoms with Gasteiger partial charge in [0.05, 0.1) is 21.6 Å². The van der Waals surface area contributed by atoms with Gasteiger partial charge in [-0.3, -0.25) is 9.59 Å². The highest BCUT2D eigenvalue weighted by molar-refractivity contribution is 7.18. The SMILES string of the molecule is C[C@@H](OC(=O)CC1(Cc2nc3ccccc3s2)CCCCC1)C(N)=O. The number of esters is 1. The molecule has 0 spiro atoms. The summed E-state index contributed by atoms with van der Waals surface area (Å²) in [6, 6.07) is 8.10. The highest BCUT2D eigenvalue weighted by Crippen LogP contribution is 2.43. The van der Waals surface area contributed by atoms with Crippen LogP contribution in [-0.2, 0) is 20.7 Å². The van der Waals surface area contributed by atoms with Crippen molar-refractivity contribution in [1.29, 1.82) is 0 Å². The number of ether oxygens (including phenoxy) is 1. The summed E-state index contributed by atoms with van der Waals surface area (Å²) in [6.07, 6.45) is 5.64. The van der Waals surface area contributed by atoms with E-state index in [-0.39, 0.29) is 11.4 Å². The minimum atomic E-state index is -0.879. The summed E-state index contributed by atoms with van der Waals surface area (Å²) in [5.74, 6) is -0.952. The summed E-state index contributed by atoms with van der Waals surface area (Å²) in [5.41, 5.74) is 6.08. The zero-order chi connectivity index (χ0) is 17.9. The maximum absolute atomic E-state index is 12.3. The van der Waals surface area contributed by atoms with Crippen molar-refractivity contribution in [1.82, 2.24) is 4.98 Å². The summed E-state index contributed by atoms with van der Waals surface area (Å²) >= 11 is 1.70. The number of amides is 1. The van der Waals surface area contributed by atoms with Crippen LogP contribution in [0.1, 0.15) is 50.5 Å². The first-order chi connectivity index (χ1) is 12.0. The number of para-hydroxylation sites is 1. The smallest absolute Gasteiger partial charge is 0.307 e. The summed E-state index contributed by atoms with van der Waals surface area (Å²) < 4.78 is 6.38. The van der Waals surface area contributed by atoms with Crippen LogP contribution in [-0.4, -0.2) is 23.0 Å². The number of fused-ring (bicyclic) bond motifs is 1. The van der Waals surface area contributed by atoms with Gasteiger partial charge in [-0.05, 0) is 37.3 Å². The lowest BCUT2D eigenvalue weighted by Crippen LogP contribution is -2.35. The molecule has 25 heavy (non-hydrogen) atoms. The van der Waals surface area contributed by atoms with Gasteiger partial charge in [-0.15, -0.1) is 11.3 Å². The molecule has 2 aromatic rings. The molecule has 1 aromatic carbocycles. The van der Waals surface area contributed by atoms with Crippen molar-refractivity contribution >= 4 is 33.4 Å². The second-order valence-corrected chi connectivity index (χ2v) is 8.14. The van der Waals surface area contributed by atoms with Gasteiger partial charge in [0.25, 0.3) is 5.91 Å². The predicted molar refractivity (Wildman–Crippen MR) is 98.2 cm³/mol. The fraction of sp³-hybridized carbons (Fsp3) is 0.526. The molecule has 1 amide bonds. The van der Waals surface area contributed by atoms with E-state index in [1.807, 2.05) is 18.2 Å². The van der Waals surface area contributed by atoms with Crippen LogP contribution in [0.4, 0.5) is 0 Å². The Hall–Kier alpha value is -1.95. The Morgan fingerprint density at radius 1 is 1.28 bits per heavy atom. The molecular weight excluding hydrogens is 336 g/mol. The van der Waals surface area contributed by atoms with E-state index in [2.05, 4.69) is 6.07 Å². The lowest BCUT2D eigenvalue weighted by Gasteiger charge is -2.36. The van der Waals surface area contributed by atoms with Gasteiger partial charge in [-0.2, -0.15) is 0 Å². The molecule has 0 aliphatic heterocycles. The Morgan fingerprint density at radius 2 is 2.00 bits per heavy atom. The van der Waals surface area contributed by atoms with Crippen molar-refractivity contribution in [2.45, 2.75) is 58.0 Å². The van der Waals surface area contributed by atoms with Crippen molar-refractivity contribution in [3.8, 4) is 0 Å². The van der Waals surface area contributed by atoms with Crippen LogP contribution in [0.15, 0.2) is 24.3 Å². The summed E-state index contributed by atoms with van der Waals surface area (Å²) in [5, 5.41) is 1.07. The van der Waals surface area contributed by atoms with E-state index in [1.165, 1.54) is 18.0 Å². The molecule has 0 bridgehead atoms. The van der Waals surface area contributed by atoms with Crippen LogP contribution in [0.25, 0.3) is 10.2 Å². The number of thiazole rings is 1. The van der Waals surface area contributed by atoms with E-state index in [0.717, 1.165) is 42.6 Å². The molecular formula is C19H24N2O3S. The van der Waals surface area contributed by atoms with Gasteiger partial charge in [-0.25, -0.2) is 4.98 Å². The van der Waals surface area contributed by atoms with Crippen LogP contribution < -0.4 is 5.73 Å². The van der Waals surface area contributed by atoms with Gasteiger partial charge in [0.1, 0.15) is 0 Å². The molecule has 1 heterocycles. The molecule has 1 aliphatic rings. The predicted octanol–water partition coefficient (Wildman–Crippen LogP) is 3.60. The summed E-state index contributed by atoms with van der Waals surface area (Å²) in [7, 11) is 0. The molecule has 0 unspecified atom stereocenters. The van der Waals surface area contributed by atoms with E-state index in [1.54, 1.807) is 11.3 Å². The minimum Gasteiger partial charge on any atom is -0.453 e. The van der Waals surface area contributed by atoms with Gasteiger partial charge < -0.3 is 10.5 Å². The molecule has 1 aromatic heterocycles. The lowest BCUT2D eigenvalue weighted by molar-refractivity contribution is -0.156. The molecule has 2 N–H and O–H groups in total. The normalized spacial score (nSPS) is 18.0. The standard InChI is InChI=1S/C19H24N2O3S/c1-13(18(20)23)24-17(22)12-19(9-5-2-6-10-19)11-16-21-14-7-3-4-8-15(14)25-16/h3-4,7-8,13H,2,5-6,9-12H2,1H3,(H2,20,23)/t13-/m1/s1. The van der Waals surface area contributed by atoms with E-state index >= 15 is 0 Å². The van der Waals surface area contributed by atoms with Gasteiger partial charge >= 0.3 is 5.97 Å². The van der Waals surface area contributed by atoms with Gasteiger partial charge in [-0.1, -0.05) is 31.4 Å². The average molecular weight is 360 g/mol. The summed E-state index contributed by atoms with van der Waals surface area (Å²) in [6.45, 7) is 1.52. The highest BCUT2D eigenvalue weighted by atomic mass is 32.1. The minimum absolute atomic E-state index is 0.124. The van der Waals surface area contributed by atoms with Gasteiger partial charge in [0.2, 0.25) is 0 Å². The van der Waals surface area contributed by atoms with Crippen LogP contribution in [0.5, 0.6) is 0 Å². The number of benzene rings is 1. The largest absolute Gasteiger partial charge is 0.453 e. The third-order valence-corrected chi connectivity index (χ3v) is 6.04. The second-order valence-electron chi connectivity index (χ2n) is 7.02. The van der Waals surface area contributed by atoms with Crippen molar-refractivity contribution in [3.63, 3.8) is 0 Å². The fourth-order valence-corrected chi connectivity index (χ4v) is 4.78. The van der Waals surface area contributed by atoms with Crippen LogP contribution in [0.2, 0.25) is 0 Å². The van der Waals surface area contributed by atoms with Crippen LogP contribution >= 0.6 is 11.3 Å². The number of hydrogen-bond acceptors (Lipinski definition) is 5. The van der Waals surface area contributed by atoms with E-state index in [0.29, 0.717) is 6.42 Å². The highest BCUT2D eigenvalue weighted by Gasteiger charge is 2.36. The number of primary amides is 1. The second kappa shape index (κ2) is 7.52. The monoisotopic (exact) mass is 360 g/mol. The zero-order valence-corrected chi connectivity index (χ0v) is 15.3. The third kappa shape index (κ3) is 4.37. The Morgan fingerprint density at radius 3 is 2.68 bits per heavy atom. The van der Waals surface area contributed by atoms with Crippen molar-refractivity contribution < 1.29 is 14.3 Å². The number of carbonyl (C=O) groups excluding carboxylic acids is 2. The van der Waals surface area contributed by atoms with Crippen LogP contribution in [0, 0.1) is 5.41 Å². The number of aromatic nitrogens is 1. The average Bonchev–Trinajstić information content (AvgIpc) is 2.96. The zero-order valence-electron chi connectivity index (χ0n) is 14.5. The molecule has 1 saturated carbocycles. The van der Waals surface area contributed by atoms with Crippen LogP contribution in [0.3, 0.4) is 0 Å². The molecule has 6 heteroatoms. The van der Waals surface area contributed by atoms with Crippen molar-refractivity contribution in [2.24, 2.45) is 11.1 Å². The molecule has 3 rings (SSSR count). The third-order valence-electron chi connectivity index (χ3n) is 5.01. The molecule has 0 radical (unpaired) electrons. The molecule has 1 aliphatic carbocycles. The number of hydrogen-bond donors (Lipinski definition) is 1. The topological polar surface area (TPSA) is 82.3 Å². The maximum Gasteiger partial charge on any atom is 0.307 e. The number of nitrogens with zero attached hydrogens (tertiary/aromatic N) is 1. The first kappa shape index (κ1) is 17.9.